The summed E-state index contributed by atoms with van der Waals surface area (Å²) in [7, 11) is 0. The Morgan fingerprint density at radius 3 is 1.15 bits per heavy atom. The topological polar surface area (TPSA) is 98.7 Å². The van der Waals surface area contributed by atoms with Gasteiger partial charge in [-0.1, -0.05) is 222 Å². The van der Waals surface area contributed by atoms with Crippen molar-refractivity contribution in [3.05, 3.63) is 96.1 Å². The fourth-order valence-corrected chi connectivity index (χ4v) is 9.89. The van der Waals surface area contributed by atoms with Crippen molar-refractivity contribution in [3.8, 4) is 0 Å². The van der Waals surface area contributed by atoms with Crippen molar-refractivity contribution >= 4 is 33.4 Å². The summed E-state index contributed by atoms with van der Waals surface area (Å²) in [5, 5.41) is 37.0. The third kappa shape index (κ3) is 11.8. The average molecular weight is 819 g/mol. The maximum Gasteiger partial charge on any atom is 0.236 e. The predicted octanol–water partition coefficient (Wildman–Crippen LogP) is 13.5. The number of fused-ring (bicyclic) bond motifs is 2. The number of carbonyl (C=O) groups excluding carboxylic acids is 2. The molecule has 6 heteroatoms. The molecule has 0 aliphatic heterocycles. The molecule has 1 aliphatic rings. The number of benzene rings is 4. The van der Waals surface area contributed by atoms with Gasteiger partial charge in [0.05, 0.1) is 23.3 Å². The van der Waals surface area contributed by atoms with Crippen LogP contribution in [0.4, 0.5) is 0 Å². The Hall–Kier alpha value is -3.74. The van der Waals surface area contributed by atoms with Gasteiger partial charge in [-0.2, -0.15) is 0 Å². The van der Waals surface area contributed by atoms with Gasteiger partial charge in [0.2, 0.25) is 11.8 Å². The molecule has 0 saturated heterocycles. The number of aliphatic hydroxyl groups is 2. The molecule has 0 radical (unpaired) electrons. The van der Waals surface area contributed by atoms with Gasteiger partial charge in [-0.25, -0.2) is 0 Å². The van der Waals surface area contributed by atoms with E-state index in [0.29, 0.717) is 38.5 Å². The molecule has 2 amide bonds. The average Bonchev–Trinajstić information content (AvgIpc) is 3.24. The van der Waals surface area contributed by atoms with Crippen molar-refractivity contribution in [2.75, 3.05) is 0 Å². The summed E-state index contributed by atoms with van der Waals surface area (Å²) >= 11 is 0. The molecule has 0 aromatic heterocycles. The summed E-state index contributed by atoms with van der Waals surface area (Å²) in [6, 6.07) is 27.3. The van der Waals surface area contributed by atoms with E-state index in [-0.39, 0.29) is 11.8 Å². The molecular weight excluding hydrogens is 741 g/mol. The summed E-state index contributed by atoms with van der Waals surface area (Å²) < 4.78 is 0. The molecule has 0 heterocycles. The second-order valence-electron chi connectivity index (χ2n) is 18.3. The summed E-state index contributed by atoms with van der Waals surface area (Å²) in [4.78, 5) is 30.5. The number of hydrogen-bond donors (Lipinski definition) is 4. The molecular formula is C54H78N2O4. The molecule has 5 rings (SSSR count). The number of unbranched alkanes of at least 4 members (excludes halogenated alkanes) is 12. The van der Waals surface area contributed by atoms with E-state index in [1.165, 1.54) is 0 Å². The molecule has 4 aromatic carbocycles. The Labute approximate surface area is 362 Å². The van der Waals surface area contributed by atoms with E-state index in [4.69, 9.17) is 0 Å². The summed E-state index contributed by atoms with van der Waals surface area (Å²) in [6.45, 7) is 8.79. The van der Waals surface area contributed by atoms with E-state index >= 15 is 9.59 Å². The normalized spacial score (nSPS) is 15.1. The molecule has 1 fully saturated rings. The highest BCUT2D eigenvalue weighted by Gasteiger charge is 2.54. The minimum absolute atomic E-state index is 0.323. The monoisotopic (exact) mass is 819 g/mol. The fourth-order valence-electron chi connectivity index (χ4n) is 9.89. The Morgan fingerprint density at radius 2 is 0.833 bits per heavy atom. The SMILES string of the molecule is CCCCCCC(O)(CCCCCC)[C@@H](NC(=O)C1(C(=O)N[C@@H](c2cccc3ccccc23)C(O)(CCCCCC)CCCCCC)CCC1)c1cccc2ccccc12. The van der Waals surface area contributed by atoms with E-state index in [2.05, 4.69) is 86.9 Å². The van der Waals surface area contributed by atoms with Crippen molar-refractivity contribution in [3.63, 3.8) is 0 Å². The van der Waals surface area contributed by atoms with Crippen LogP contribution in [-0.4, -0.2) is 33.2 Å². The number of carbonyl (C=O) groups is 2. The van der Waals surface area contributed by atoms with E-state index in [1.807, 2.05) is 36.4 Å². The summed E-state index contributed by atoms with van der Waals surface area (Å²) in [5.74, 6) is -0.647. The van der Waals surface area contributed by atoms with Crippen LogP contribution in [-0.2, 0) is 9.59 Å². The van der Waals surface area contributed by atoms with Crippen molar-refractivity contribution in [2.45, 2.75) is 199 Å². The second kappa shape index (κ2) is 23.5. The van der Waals surface area contributed by atoms with E-state index in [1.54, 1.807) is 0 Å². The number of amides is 2. The van der Waals surface area contributed by atoms with Crippen LogP contribution in [0, 0.1) is 5.41 Å². The van der Waals surface area contributed by atoms with Crippen LogP contribution in [0.5, 0.6) is 0 Å². The highest BCUT2D eigenvalue weighted by molar-refractivity contribution is 6.06. The predicted molar refractivity (Wildman–Crippen MR) is 251 cm³/mol. The van der Waals surface area contributed by atoms with Crippen LogP contribution in [0.15, 0.2) is 84.9 Å². The van der Waals surface area contributed by atoms with Gasteiger partial charge in [0.1, 0.15) is 5.41 Å². The van der Waals surface area contributed by atoms with Gasteiger partial charge < -0.3 is 20.8 Å². The standard InChI is InChI=1S/C54H78N2O4/c1-5-9-13-21-38-53(59,39-22-14-10-6-2)48(46-34-25-30-42-28-17-19-32-44(42)46)55-50(57)52(36-27-37-52)51(58)56-49(47-35-26-31-43-29-18-20-33-45(43)47)54(60,40-23-15-11-7-3)41-24-16-12-8-4/h17-20,25-26,28-35,48-49,59-60H,5-16,21-24,27,36-41H2,1-4H3,(H,55,57)(H,56,58)/t48-,49-/m0/s1. The zero-order valence-electron chi connectivity index (χ0n) is 37.7. The van der Waals surface area contributed by atoms with Gasteiger partial charge in [-0.15, -0.1) is 0 Å². The number of nitrogens with one attached hydrogen (secondary N) is 2. The maximum absolute atomic E-state index is 15.2. The van der Waals surface area contributed by atoms with Crippen LogP contribution in [0.2, 0.25) is 0 Å². The Kier molecular flexibility index (Phi) is 18.5. The van der Waals surface area contributed by atoms with Crippen LogP contribution >= 0.6 is 0 Å². The lowest BCUT2D eigenvalue weighted by molar-refractivity contribution is -0.154. The van der Waals surface area contributed by atoms with Crippen molar-refractivity contribution in [1.29, 1.82) is 0 Å². The van der Waals surface area contributed by atoms with Crippen LogP contribution in [0.1, 0.15) is 199 Å². The minimum atomic E-state index is -1.32. The minimum Gasteiger partial charge on any atom is -0.387 e. The molecule has 1 aliphatic carbocycles. The zero-order valence-corrected chi connectivity index (χ0v) is 37.7. The van der Waals surface area contributed by atoms with E-state index in [0.717, 1.165) is 142 Å². The molecule has 0 bridgehead atoms. The third-order valence-corrected chi connectivity index (χ3v) is 13.8. The van der Waals surface area contributed by atoms with Gasteiger partial charge in [-0.05, 0) is 71.2 Å². The molecule has 0 unspecified atom stereocenters. The second-order valence-corrected chi connectivity index (χ2v) is 18.3. The van der Waals surface area contributed by atoms with Crippen LogP contribution < -0.4 is 10.6 Å². The van der Waals surface area contributed by atoms with Crippen LogP contribution in [0.3, 0.4) is 0 Å². The van der Waals surface area contributed by atoms with E-state index < -0.39 is 28.7 Å². The molecule has 1 saturated carbocycles. The van der Waals surface area contributed by atoms with Gasteiger partial charge in [0.25, 0.3) is 0 Å². The lowest BCUT2D eigenvalue weighted by Gasteiger charge is -2.45. The molecule has 4 N–H and O–H groups in total. The van der Waals surface area contributed by atoms with Crippen LogP contribution in [0.25, 0.3) is 21.5 Å². The number of hydrogen-bond acceptors (Lipinski definition) is 4. The van der Waals surface area contributed by atoms with Crippen molar-refractivity contribution < 1.29 is 19.8 Å². The molecule has 6 nitrogen and oxygen atoms in total. The third-order valence-electron chi connectivity index (χ3n) is 13.8. The first kappa shape index (κ1) is 47.3. The summed E-state index contributed by atoms with van der Waals surface area (Å²) in [6.07, 6.45) is 20.2. The molecule has 60 heavy (non-hydrogen) atoms. The highest BCUT2D eigenvalue weighted by Crippen LogP contribution is 2.46. The highest BCUT2D eigenvalue weighted by atomic mass is 16.3. The summed E-state index contributed by atoms with van der Waals surface area (Å²) in [5.41, 5.74) is -1.93. The largest absolute Gasteiger partial charge is 0.387 e. The Balaban J connectivity index is 1.55. The smallest absolute Gasteiger partial charge is 0.236 e. The Bertz CT molecular complexity index is 1750. The van der Waals surface area contributed by atoms with Crippen molar-refractivity contribution in [1.82, 2.24) is 10.6 Å². The molecule has 328 valence electrons. The first-order valence-corrected chi connectivity index (χ1v) is 24.2. The lowest BCUT2D eigenvalue weighted by Crippen LogP contribution is -2.60. The quantitative estimate of drug-likeness (QED) is 0.0339. The first-order chi connectivity index (χ1) is 29.2. The van der Waals surface area contributed by atoms with Gasteiger partial charge in [0.15, 0.2) is 0 Å². The maximum atomic E-state index is 15.2. The first-order valence-electron chi connectivity index (χ1n) is 24.2. The Morgan fingerprint density at radius 1 is 0.500 bits per heavy atom. The van der Waals surface area contributed by atoms with Gasteiger partial charge in [0, 0.05) is 0 Å². The molecule has 0 spiro atoms. The van der Waals surface area contributed by atoms with E-state index in [9.17, 15) is 10.2 Å². The van der Waals surface area contributed by atoms with Gasteiger partial charge >= 0.3 is 0 Å². The van der Waals surface area contributed by atoms with Gasteiger partial charge in [-0.3, -0.25) is 9.59 Å². The fraction of sp³-hybridized carbons (Fsp3) is 0.593. The lowest BCUT2D eigenvalue weighted by atomic mass is 9.66. The molecule has 4 aromatic rings. The zero-order chi connectivity index (χ0) is 42.9. The molecule has 2 atom stereocenters. The van der Waals surface area contributed by atoms with Crippen molar-refractivity contribution in [2.24, 2.45) is 5.41 Å². The number of rotatable bonds is 28.